The maximum atomic E-state index is 13.5. The number of anilines is 1. The Hall–Kier alpha value is -3.63. The fourth-order valence-corrected chi connectivity index (χ4v) is 3.01. The van der Waals surface area contributed by atoms with Gasteiger partial charge in [0, 0.05) is 29.2 Å². The van der Waals surface area contributed by atoms with E-state index in [1.165, 1.54) is 24.3 Å². The van der Waals surface area contributed by atoms with Gasteiger partial charge in [-0.2, -0.15) is 4.99 Å². The summed E-state index contributed by atoms with van der Waals surface area (Å²) in [6.45, 7) is 3.50. The SMILES string of the molecule is Cc1cc(C)nc(/N=C(\NC(=O)c2cc([N+](=O)[O-])ccc2Cl)Nc2ccc(F)c(Cl)c2)n1. The minimum Gasteiger partial charge on any atom is -0.326 e. The number of carbonyl (C=O) groups is 1. The summed E-state index contributed by atoms with van der Waals surface area (Å²) < 4.78 is 13.5. The van der Waals surface area contributed by atoms with Crippen molar-refractivity contribution in [1.29, 1.82) is 0 Å². The lowest BCUT2D eigenvalue weighted by atomic mass is 10.2. The van der Waals surface area contributed by atoms with E-state index in [9.17, 15) is 19.3 Å². The van der Waals surface area contributed by atoms with Gasteiger partial charge in [0.15, 0.2) is 0 Å². The van der Waals surface area contributed by atoms with E-state index in [-0.39, 0.29) is 33.2 Å². The molecule has 2 N–H and O–H groups in total. The first-order chi connectivity index (χ1) is 15.1. The summed E-state index contributed by atoms with van der Waals surface area (Å²) in [4.78, 5) is 35.8. The zero-order chi connectivity index (χ0) is 23.4. The summed E-state index contributed by atoms with van der Waals surface area (Å²) in [5.41, 5.74) is 1.15. The highest BCUT2D eigenvalue weighted by Crippen LogP contribution is 2.23. The van der Waals surface area contributed by atoms with Crippen molar-refractivity contribution in [2.45, 2.75) is 13.8 Å². The molecule has 2 aromatic carbocycles. The number of hydrogen-bond donors (Lipinski definition) is 2. The molecule has 1 amide bonds. The number of nitrogens with zero attached hydrogens (tertiary/aromatic N) is 4. The number of rotatable bonds is 4. The third kappa shape index (κ3) is 5.74. The fraction of sp³-hybridized carbons (Fsp3) is 0.100. The van der Waals surface area contributed by atoms with Gasteiger partial charge in [-0.3, -0.25) is 20.2 Å². The molecule has 0 saturated heterocycles. The molecule has 0 aliphatic heterocycles. The molecular formula is C20H15Cl2FN6O3. The number of amides is 1. The van der Waals surface area contributed by atoms with Crippen LogP contribution in [0, 0.1) is 29.8 Å². The van der Waals surface area contributed by atoms with Gasteiger partial charge in [0.05, 0.1) is 20.5 Å². The van der Waals surface area contributed by atoms with Crippen LogP contribution in [0.4, 0.5) is 21.7 Å². The lowest BCUT2D eigenvalue weighted by Gasteiger charge is -2.12. The van der Waals surface area contributed by atoms with Crippen LogP contribution >= 0.6 is 23.2 Å². The minimum atomic E-state index is -0.775. The third-order valence-corrected chi connectivity index (χ3v) is 4.62. The van der Waals surface area contributed by atoms with Gasteiger partial charge < -0.3 is 5.32 Å². The normalized spacial score (nSPS) is 11.2. The Morgan fingerprint density at radius 1 is 1.06 bits per heavy atom. The van der Waals surface area contributed by atoms with Crippen molar-refractivity contribution in [2.24, 2.45) is 4.99 Å². The molecule has 1 heterocycles. The van der Waals surface area contributed by atoms with Crippen LogP contribution in [0.15, 0.2) is 47.5 Å². The molecule has 0 radical (unpaired) electrons. The Kier molecular flexibility index (Phi) is 6.96. The van der Waals surface area contributed by atoms with Crippen molar-refractivity contribution in [3.8, 4) is 0 Å². The van der Waals surface area contributed by atoms with Crippen molar-refractivity contribution < 1.29 is 14.1 Å². The summed E-state index contributed by atoms with van der Waals surface area (Å²) in [5, 5.41) is 16.2. The number of aliphatic imine (C=N–C) groups is 1. The third-order valence-electron chi connectivity index (χ3n) is 4.00. The summed E-state index contributed by atoms with van der Waals surface area (Å²) in [7, 11) is 0. The lowest BCUT2D eigenvalue weighted by Crippen LogP contribution is -2.36. The lowest BCUT2D eigenvalue weighted by molar-refractivity contribution is -0.384. The summed E-state index contributed by atoms with van der Waals surface area (Å²) in [5.74, 6) is -1.49. The number of halogens is 3. The number of benzene rings is 2. The summed E-state index contributed by atoms with van der Waals surface area (Å²) in [6.07, 6.45) is 0. The van der Waals surface area contributed by atoms with Gasteiger partial charge in [-0.1, -0.05) is 23.2 Å². The highest BCUT2D eigenvalue weighted by atomic mass is 35.5. The van der Waals surface area contributed by atoms with E-state index in [1.54, 1.807) is 19.9 Å². The number of nitrogens with one attached hydrogen (secondary N) is 2. The van der Waals surface area contributed by atoms with Crippen LogP contribution in [0.25, 0.3) is 0 Å². The zero-order valence-electron chi connectivity index (χ0n) is 16.7. The highest BCUT2D eigenvalue weighted by molar-refractivity contribution is 6.34. The van der Waals surface area contributed by atoms with E-state index >= 15 is 0 Å². The average molecular weight is 477 g/mol. The quantitative estimate of drug-likeness (QED) is 0.237. The Balaban J connectivity index is 1.99. The number of non-ortho nitro benzene ring substituents is 1. The fourth-order valence-electron chi connectivity index (χ4n) is 2.63. The van der Waals surface area contributed by atoms with Crippen molar-refractivity contribution in [2.75, 3.05) is 5.32 Å². The largest absolute Gasteiger partial charge is 0.326 e. The smallest absolute Gasteiger partial charge is 0.270 e. The molecule has 0 saturated carbocycles. The molecule has 3 rings (SSSR count). The predicted octanol–water partition coefficient (Wildman–Crippen LogP) is 4.98. The second kappa shape index (κ2) is 9.67. The van der Waals surface area contributed by atoms with Crippen LogP contribution in [0.5, 0.6) is 0 Å². The molecule has 3 aromatic rings. The Bertz CT molecular complexity index is 1230. The van der Waals surface area contributed by atoms with Crippen LogP contribution in [-0.4, -0.2) is 26.8 Å². The van der Waals surface area contributed by atoms with Crippen LogP contribution in [0.1, 0.15) is 21.7 Å². The molecular weight excluding hydrogens is 462 g/mol. The second-order valence-electron chi connectivity index (χ2n) is 6.54. The molecule has 164 valence electrons. The van der Waals surface area contributed by atoms with E-state index in [0.29, 0.717) is 17.1 Å². The van der Waals surface area contributed by atoms with Crippen molar-refractivity contribution in [3.63, 3.8) is 0 Å². The van der Waals surface area contributed by atoms with Gasteiger partial charge in [-0.15, -0.1) is 0 Å². The first-order valence-electron chi connectivity index (χ1n) is 9.00. The maximum absolute atomic E-state index is 13.5. The van der Waals surface area contributed by atoms with E-state index in [4.69, 9.17) is 23.2 Å². The second-order valence-corrected chi connectivity index (χ2v) is 7.35. The Morgan fingerprint density at radius 2 is 1.75 bits per heavy atom. The monoisotopic (exact) mass is 476 g/mol. The average Bonchev–Trinajstić information content (AvgIpc) is 2.70. The minimum absolute atomic E-state index is 0.0000679. The molecule has 9 nitrogen and oxygen atoms in total. The Morgan fingerprint density at radius 3 is 2.38 bits per heavy atom. The van der Waals surface area contributed by atoms with E-state index in [2.05, 4.69) is 25.6 Å². The van der Waals surface area contributed by atoms with Crippen molar-refractivity contribution in [3.05, 3.63) is 85.4 Å². The van der Waals surface area contributed by atoms with Gasteiger partial charge in [-0.05, 0) is 44.2 Å². The number of hydrogen-bond acceptors (Lipinski definition) is 6. The van der Waals surface area contributed by atoms with Gasteiger partial charge in [-0.25, -0.2) is 14.4 Å². The van der Waals surface area contributed by atoms with Crippen molar-refractivity contribution in [1.82, 2.24) is 15.3 Å². The van der Waals surface area contributed by atoms with Gasteiger partial charge in [0.2, 0.25) is 5.96 Å². The summed E-state index contributed by atoms with van der Waals surface area (Å²) in [6, 6.07) is 9.01. The standard InChI is InChI=1S/C20H15Cl2FN6O3/c1-10-7-11(2)25-19(24-10)28-20(26-12-3-6-17(23)16(22)8-12)27-18(30)14-9-13(29(31)32)4-5-15(14)21/h3-9H,1-2H3,(H2,24,25,26,27,28,30). The summed E-state index contributed by atoms with van der Waals surface area (Å²) >= 11 is 11.9. The number of aromatic nitrogens is 2. The van der Waals surface area contributed by atoms with Gasteiger partial charge in [0.25, 0.3) is 17.5 Å². The number of aryl methyl sites for hydroxylation is 2. The van der Waals surface area contributed by atoms with Crippen molar-refractivity contribution >= 4 is 52.4 Å². The molecule has 0 unspecified atom stereocenters. The van der Waals surface area contributed by atoms with E-state index in [1.807, 2.05) is 0 Å². The first-order valence-corrected chi connectivity index (χ1v) is 9.76. The molecule has 0 fully saturated rings. The zero-order valence-corrected chi connectivity index (χ0v) is 18.2. The van der Waals surface area contributed by atoms with E-state index in [0.717, 1.165) is 12.1 Å². The number of nitro benzene ring substituents is 1. The maximum Gasteiger partial charge on any atom is 0.270 e. The van der Waals surface area contributed by atoms with Gasteiger partial charge in [0.1, 0.15) is 5.82 Å². The van der Waals surface area contributed by atoms with Crippen LogP contribution in [0.2, 0.25) is 10.0 Å². The highest BCUT2D eigenvalue weighted by Gasteiger charge is 2.18. The molecule has 12 heteroatoms. The van der Waals surface area contributed by atoms with Crippen LogP contribution in [-0.2, 0) is 0 Å². The van der Waals surface area contributed by atoms with Crippen LogP contribution in [0.3, 0.4) is 0 Å². The number of nitro groups is 1. The first kappa shape index (κ1) is 23.0. The molecule has 0 spiro atoms. The molecule has 0 atom stereocenters. The predicted molar refractivity (Wildman–Crippen MR) is 119 cm³/mol. The number of carbonyl (C=O) groups excluding carboxylic acids is 1. The van der Waals surface area contributed by atoms with Crippen LogP contribution < -0.4 is 10.6 Å². The molecule has 0 aliphatic rings. The molecule has 1 aromatic heterocycles. The molecule has 0 aliphatic carbocycles. The van der Waals surface area contributed by atoms with E-state index < -0.39 is 16.6 Å². The molecule has 32 heavy (non-hydrogen) atoms. The molecule has 0 bridgehead atoms. The topological polar surface area (TPSA) is 122 Å². The van der Waals surface area contributed by atoms with Gasteiger partial charge >= 0.3 is 0 Å². The number of guanidine groups is 1. The Labute approximate surface area is 191 Å².